The summed E-state index contributed by atoms with van der Waals surface area (Å²) in [6.45, 7) is 4.12. The van der Waals surface area contributed by atoms with Crippen LogP contribution in [-0.2, 0) is 4.79 Å². The van der Waals surface area contributed by atoms with Gasteiger partial charge in [0.2, 0.25) is 0 Å². The van der Waals surface area contributed by atoms with Gasteiger partial charge in [0.05, 0.1) is 0 Å². The Kier molecular flexibility index (Phi) is 17.0. The van der Waals surface area contributed by atoms with Crippen LogP contribution in [0.4, 0.5) is 0 Å². The molecule has 0 aromatic carbocycles. The van der Waals surface area contributed by atoms with E-state index in [2.05, 4.69) is 31.2 Å². The van der Waals surface area contributed by atoms with Crippen LogP contribution in [0.2, 0.25) is 0 Å². The Morgan fingerprint density at radius 2 is 1.32 bits per heavy atom. The normalized spacial score (nSPS) is 12.5. The van der Waals surface area contributed by atoms with Gasteiger partial charge in [0.15, 0.2) is 0 Å². The van der Waals surface area contributed by atoms with E-state index in [4.69, 9.17) is 0 Å². The third-order valence-corrected chi connectivity index (χ3v) is 3.82. The SMILES string of the molecule is CCCCCCCCCC/C=C\C/C=C\CC/C=C(\C)C=O. The zero-order valence-electron chi connectivity index (χ0n) is 14.9. The third-order valence-electron chi connectivity index (χ3n) is 3.82. The third kappa shape index (κ3) is 16.9. The number of allylic oxidation sites excluding steroid dienone is 6. The molecule has 0 bridgehead atoms. The molecule has 1 heteroatoms. The molecule has 0 N–H and O–H groups in total. The van der Waals surface area contributed by atoms with Gasteiger partial charge in [-0.3, -0.25) is 4.79 Å². The minimum absolute atomic E-state index is 0.832. The van der Waals surface area contributed by atoms with Crippen molar-refractivity contribution in [3.8, 4) is 0 Å². The second-order valence-corrected chi connectivity index (χ2v) is 6.09. The van der Waals surface area contributed by atoms with E-state index < -0.39 is 0 Å². The first-order chi connectivity index (χ1) is 10.8. The number of unbranched alkanes of at least 4 members (excludes halogenated alkanes) is 9. The van der Waals surface area contributed by atoms with Crippen LogP contribution in [0.5, 0.6) is 0 Å². The molecule has 0 rings (SSSR count). The van der Waals surface area contributed by atoms with Gasteiger partial charge < -0.3 is 0 Å². The van der Waals surface area contributed by atoms with Crippen LogP contribution < -0.4 is 0 Å². The number of rotatable bonds is 15. The lowest BCUT2D eigenvalue weighted by molar-refractivity contribution is -0.104. The van der Waals surface area contributed by atoms with E-state index in [9.17, 15) is 4.79 Å². The maximum Gasteiger partial charge on any atom is 0.145 e. The molecule has 22 heavy (non-hydrogen) atoms. The van der Waals surface area contributed by atoms with E-state index in [0.29, 0.717) is 0 Å². The molecule has 0 aliphatic rings. The molecular formula is C21H36O. The summed E-state index contributed by atoms with van der Waals surface area (Å²) in [5.41, 5.74) is 0.832. The molecule has 0 heterocycles. The predicted octanol–water partition coefficient (Wildman–Crippen LogP) is 6.95. The van der Waals surface area contributed by atoms with Gasteiger partial charge in [-0.2, -0.15) is 0 Å². The van der Waals surface area contributed by atoms with Gasteiger partial charge in [-0.25, -0.2) is 0 Å². The van der Waals surface area contributed by atoms with Crippen molar-refractivity contribution in [2.75, 3.05) is 0 Å². The summed E-state index contributed by atoms with van der Waals surface area (Å²) >= 11 is 0. The largest absolute Gasteiger partial charge is 0.298 e. The first-order valence-corrected chi connectivity index (χ1v) is 9.23. The van der Waals surface area contributed by atoms with E-state index >= 15 is 0 Å². The maximum absolute atomic E-state index is 10.4. The predicted molar refractivity (Wildman–Crippen MR) is 99.2 cm³/mol. The Balaban J connectivity index is 3.28. The van der Waals surface area contributed by atoms with Gasteiger partial charge >= 0.3 is 0 Å². The van der Waals surface area contributed by atoms with Crippen molar-refractivity contribution in [1.82, 2.24) is 0 Å². The quantitative estimate of drug-likeness (QED) is 0.138. The van der Waals surface area contributed by atoms with Crippen molar-refractivity contribution < 1.29 is 4.79 Å². The molecule has 0 aromatic rings. The number of aldehydes is 1. The van der Waals surface area contributed by atoms with Crippen molar-refractivity contribution in [3.63, 3.8) is 0 Å². The molecule has 0 radical (unpaired) electrons. The van der Waals surface area contributed by atoms with E-state index in [1.54, 1.807) is 0 Å². The number of hydrogen-bond donors (Lipinski definition) is 0. The van der Waals surface area contributed by atoms with Crippen LogP contribution >= 0.6 is 0 Å². The Bertz CT molecular complexity index is 323. The molecule has 0 aromatic heterocycles. The molecule has 0 saturated heterocycles. The van der Waals surface area contributed by atoms with E-state index in [0.717, 1.165) is 31.1 Å². The highest BCUT2D eigenvalue weighted by atomic mass is 16.1. The van der Waals surface area contributed by atoms with Crippen LogP contribution in [-0.4, -0.2) is 6.29 Å². The smallest absolute Gasteiger partial charge is 0.145 e. The second-order valence-electron chi connectivity index (χ2n) is 6.09. The summed E-state index contributed by atoms with van der Waals surface area (Å²) in [7, 11) is 0. The fourth-order valence-corrected chi connectivity index (χ4v) is 2.36. The number of carbonyl (C=O) groups is 1. The van der Waals surface area contributed by atoms with Gasteiger partial charge in [0.1, 0.15) is 6.29 Å². The van der Waals surface area contributed by atoms with Crippen LogP contribution in [0.15, 0.2) is 36.0 Å². The van der Waals surface area contributed by atoms with Crippen LogP contribution in [0.1, 0.15) is 90.9 Å². The molecule has 0 fully saturated rings. The minimum Gasteiger partial charge on any atom is -0.298 e. The monoisotopic (exact) mass is 304 g/mol. The highest BCUT2D eigenvalue weighted by Gasteiger charge is 1.90. The molecule has 0 aliphatic carbocycles. The molecule has 1 nitrogen and oxygen atoms in total. The fraction of sp³-hybridized carbons (Fsp3) is 0.667. The summed E-state index contributed by atoms with van der Waals surface area (Å²) in [4.78, 5) is 10.4. The molecule has 126 valence electrons. The number of hydrogen-bond acceptors (Lipinski definition) is 1. The molecule has 0 atom stereocenters. The van der Waals surface area contributed by atoms with Crippen molar-refractivity contribution in [2.45, 2.75) is 90.9 Å². The lowest BCUT2D eigenvalue weighted by atomic mass is 10.1. The fourth-order valence-electron chi connectivity index (χ4n) is 2.36. The zero-order chi connectivity index (χ0) is 16.3. The zero-order valence-corrected chi connectivity index (χ0v) is 14.9. The first-order valence-electron chi connectivity index (χ1n) is 9.23. The van der Waals surface area contributed by atoms with Crippen molar-refractivity contribution in [3.05, 3.63) is 36.0 Å². The Morgan fingerprint density at radius 1 is 0.727 bits per heavy atom. The van der Waals surface area contributed by atoms with Gasteiger partial charge in [0.25, 0.3) is 0 Å². The van der Waals surface area contributed by atoms with Crippen molar-refractivity contribution >= 4 is 6.29 Å². The summed E-state index contributed by atoms with van der Waals surface area (Å²) in [6.07, 6.45) is 27.3. The Morgan fingerprint density at radius 3 is 1.95 bits per heavy atom. The van der Waals surface area contributed by atoms with Gasteiger partial charge in [-0.1, -0.05) is 82.2 Å². The van der Waals surface area contributed by atoms with Crippen LogP contribution in [0.25, 0.3) is 0 Å². The minimum atomic E-state index is 0.832. The lowest BCUT2D eigenvalue weighted by Gasteiger charge is -1.99. The Hall–Kier alpha value is -1.11. The average molecular weight is 305 g/mol. The van der Waals surface area contributed by atoms with Gasteiger partial charge in [-0.15, -0.1) is 0 Å². The Labute approximate surface area is 138 Å². The second kappa shape index (κ2) is 17.9. The van der Waals surface area contributed by atoms with Crippen LogP contribution in [0, 0.1) is 0 Å². The van der Waals surface area contributed by atoms with E-state index in [1.807, 2.05) is 13.0 Å². The molecule has 0 spiro atoms. The topological polar surface area (TPSA) is 17.1 Å². The average Bonchev–Trinajstić information content (AvgIpc) is 2.54. The summed E-state index contributed by atoms with van der Waals surface area (Å²) in [5.74, 6) is 0. The summed E-state index contributed by atoms with van der Waals surface area (Å²) in [6, 6.07) is 0. The summed E-state index contributed by atoms with van der Waals surface area (Å²) in [5, 5.41) is 0. The van der Waals surface area contributed by atoms with Crippen molar-refractivity contribution in [1.29, 1.82) is 0 Å². The molecule has 0 aliphatic heterocycles. The molecular weight excluding hydrogens is 268 g/mol. The maximum atomic E-state index is 10.4. The molecule has 0 amide bonds. The standard InChI is InChI=1S/C21H36O/c1-3-4-5-6-7-8-9-10-11-12-13-14-15-16-17-18-19-21(2)20-22/h12-13,15-16,19-20H,3-11,14,17-18H2,1-2H3/b13-12-,16-15-,21-19+. The summed E-state index contributed by atoms with van der Waals surface area (Å²) < 4.78 is 0. The van der Waals surface area contributed by atoms with Crippen LogP contribution in [0.3, 0.4) is 0 Å². The lowest BCUT2D eigenvalue weighted by Crippen LogP contribution is -1.79. The van der Waals surface area contributed by atoms with E-state index in [-0.39, 0.29) is 0 Å². The highest BCUT2D eigenvalue weighted by molar-refractivity contribution is 5.71. The van der Waals surface area contributed by atoms with Gasteiger partial charge in [0, 0.05) is 0 Å². The van der Waals surface area contributed by atoms with Crippen molar-refractivity contribution in [2.24, 2.45) is 0 Å². The molecule has 0 unspecified atom stereocenters. The number of carbonyl (C=O) groups excluding carboxylic acids is 1. The van der Waals surface area contributed by atoms with E-state index in [1.165, 1.54) is 57.8 Å². The first kappa shape index (κ1) is 20.9. The van der Waals surface area contributed by atoms with Gasteiger partial charge in [-0.05, 0) is 44.6 Å². The molecule has 0 saturated carbocycles. The highest BCUT2D eigenvalue weighted by Crippen LogP contribution is 2.09.